The highest BCUT2D eigenvalue weighted by Gasteiger charge is 2.65. The van der Waals surface area contributed by atoms with Crippen LogP contribution in [-0.4, -0.2) is 34.1 Å². The van der Waals surface area contributed by atoms with Crippen LogP contribution in [0.1, 0.15) is 53.1 Å². The van der Waals surface area contributed by atoms with E-state index in [1.807, 2.05) is 18.2 Å². The maximum absolute atomic E-state index is 12.9. The summed E-state index contributed by atoms with van der Waals surface area (Å²) in [5.41, 5.74) is 7.37. The molecule has 0 radical (unpaired) electrons. The lowest BCUT2D eigenvalue weighted by atomic mass is 9.92. The van der Waals surface area contributed by atoms with Gasteiger partial charge in [-0.15, -0.1) is 0 Å². The molecule has 0 unspecified atom stereocenters. The van der Waals surface area contributed by atoms with E-state index in [2.05, 4.69) is 81.1 Å². The highest BCUT2D eigenvalue weighted by molar-refractivity contribution is 6.09. The van der Waals surface area contributed by atoms with Gasteiger partial charge in [-0.05, 0) is 72.8 Å². The van der Waals surface area contributed by atoms with Gasteiger partial charge < -0.3 is 5.32 Å². The average molecular weight is 461 g/mol. The lowest BCUT2D eigenvalue weighted by molar-refractivity contribution is -0.118. The molecule has 2 atom stereocenters. The average Bonchev–Trinajstić information content (AvgIpc) is 3.13. The molecule has 2 fully saturated rings. The Bertz CT molecular complexity index is 1460. The second-order valence-electron chi connectivity index (χ2n) is 10.2. The second-order valence-corrected chi connectivity index (χ2v) is 10.2. The SMILES string of the molecule is O=C1Nc2ccccc2[C@]12C[C@H]2c1ccc2c(/C=C/c3ccc(CN4CCCC4)cc3)n[nH]c2c1. The number of hydrogen-bond acceptors (Lipinski definition) is 3. The smallest absolute Gasteiger partial charge is 0.235 e. The van der Waals surface area contributed by atoms with E-state index in [-0.39, 0.29) is 11.8 Å². The molecule has 3 aromatic carbocycles. The van der Waals surface area contributed by atoms with Gasteiger partial charge in [0.1, 0.15) is 0 Å². The second kappa shape index (κ2) is 7.92. The van der Waals surface area contributed by atoms with E-state index in [1.165, 1.54) is 42.6 Å². The quantitative estimate of drug-likeness (QED) is 0.401. The van der Waals surface area contributed by atoms with E-state index in [4.69, 9.17) is 0 Å². The summed E-state index contributed by atoms with van der Waals surface area (Å²) in [6.45, 7) is 3.49. The maximum atomic E-state index is 12.9. The summed E-state index contributed by atoms with van der Waals surface area (Å²) in [4.78, 5) is 15.4. The largest absolute Gasteiger partial charge is 0.325 e. The number of rotatable bonds is 5. The number of benzene rings is 3. The molecule has 3 aliphatic rings. The van der Waals surface area contributed by atoms with Crippen LogP contribution in [0.5, 0.6) is 0 Å². The number of aromatic amines is 1. The van der Waals surface area contributed by atoms with Crippen molar-refractivity contribution in [2.45, 2.75) is 37.1 Å². The van der Waals surface area contributed by atoms with Crippen LogP contribution in [-0.2, 0) is 16.8 Å². The van der Waals surface area contributed by atoms with Crippen molar-refractivity contribution in [1.82, 2.24) is 15.1 Å². The van der Waals surface area contributed by atoms with E-state index < -0.39 is 5.41 Å². The van der Waals surface area contributed by atoms with Crippen molar-refractivity contribution in [3.8, 4) is 0 Å². The van der Waals surface area contributed by atoms with Crippen molar-refractivity contribution in [2.75, 3.05) is 18.4 Å². The molecular formula is C30H28N4O. The number of H-pyrrole nitrogens is 1. The predicted molar refractivity (Wildman–Crippen MR) is 140 cm³/mol. The van der Waals surface area contributed by atoms with E-state index in [9.17, 15) is 4.79 Å². The molecule has 1 aromatic heterocycles. The van der Waals surface area contributed by atoms with Gasteiger partial charge in [0.15, 0.2) is 0 Å². The zero-order chi connectivity index (χ0) is 23.4. The summed E-state index contributed by atoms with van der Waals surface area (Å²) in [5, 5.41) is 11.9. The monoisotopic (exact) mass is 460 g/mol. The molecule has 1 saturated heterocycles. The van der Waals surface area contributed by atoms with Gasteiger partial charge >= 0.3 is 0 Å². The minimum atomic E-state index is -0.409. The van der Waals surface area contributed by atoms with Crippen LogP contribution in [0.15, 0.2) is 66.7 Å². The highest BCUT2D eigenvalue weighted by Crippen LogP contribution is 2.64. The fraction of sp³-hybridized carbons (Fsp3) is 0.267. The van der Waals surface area contributed by atoms with Gasteiger partial charge in [-0.2, -0.15) is 5.10 Å². The molecule has 5 nitrogen and oxygen atoms in total. The number of likely N-dealkylation sites (tertiary alicyclic amines) is 1. The van der Waals surface area contributed by atoms with E-state index in [1.54, 1.807) is 0 Å². The molecule has 1 amide bonds. The van der Waals surface area contributed by atoms with Crippen molar-refractivity contribution >= 4 is 34.6 Å². The summed E-state index contributed by atoms with van der Waals surface area (Å²) < 4.78 is 0. The van der Waals surface area contributed by atoms with E-state index in [0.717, 1.165) is 40.8 Å². The van der Waals surface area contributed by atoms with Crippen molar-refractivity contribution in [2.24, 2.45) is 0 Å². The molecule has 4 aromatic rings. The molecule has 1 aliphatic carbocycles. The minimum Gasteiger partial charge on any atom is -0.325 e. The molecule has 0 bridgehead atoms. The third-order valence-corrected chi connectivity index (χ3v) is 8.06. The molecule has 1 spiro atoms. The van der Waals surface area contributed by atoms with E-state index in [0.29, 0.717) is 0 Å². The van der Waals surface area contributed by atoms with Gasteiger partial charge in [0.25, 0.3) is 0 Å². The van der Waals surface area contributed by atoms with Crippen molar-refractivity contribution in [3.05, 3.63) is 94.7 Å². The van der Waals surface area contributed by atoms with Gasteiger partial charge in [0, 0.05) is 23.5 Å². The Kier molecular flexibility index (Phi) is 4.68. The molecule has 3 heterocycles. The number of carbonyl (C=O) groups excluding carboxylic acids is 1. The lowest BCUT2D eigenvalue weighted by Crippen LogP contribution is -2.20. The summed E-state index contributed by atoms with van der Waals surface area (Å²) in [5.74, 6) is 0.334. The Morgan fingerprint density at radius 2 is 1.83 bits per heavy atom. The molecular weight excluding hydrogens is 432 g/mol. The van der Waals surface area contributed by atoms with Crippen LogP contribution in [0.3, 0.4) is 0 Å². The molecule has 35 heavy (non-hydrogen) atoms. The first-order valence-corrected chi connectivity index (χ1v) is 12.6. The van der Waals surface area contributed by atoms with Crippen LogP contribution in [0.25, 0.3) is 23.1 Å². The summed E-state index contributed by atoms with van der Waals surface area (Å²) in [6.07, 6.45) is 7.71. The first-order chi connectivity index (χ1) is 17.2. The Labute approximate surface area is 204 Å². The van der Waals surface area contributed by atoms with Crippen LogP contribution < -0.4 is 5.32 Å². The Morgan fingerprint density at radius 1 is 1.00 bits per heavy atom. The van der Waals surface area contributed by atoms with Gasteiger partial charge in [0.2, 0.25) is 5.91 Å². The standard InChI is InChI=1S/C30H28N4O/c35-29-30(24-5-1-2-6-27(24)31-29)18-25(30)22-12-13-23-26(32-33-28(23)17-22)14-11-20-7-9-21(10-8-20)19-34-15-3-4-16-34/h1-2,5-14,17,25H,3-4,15-16,18-19H2,(H,31,35)(H,32,33)/b14-11+/t25-,30-/m0/s1. The van der Waals surface area contributed by atoms with Crippen LogP contribution in [0, 0.1) is 0 Å². The Hall–Kier alpha value is -3.70. The zero-order valence-corrected chi connectivity index (χ0v) is 19.6. The number of hydrogen-bond donors (Lipinski definition) is 2. The van der Waals surface area contributed by atoms with Gasteiger partial charge in [-0.1, -0.05) is 60.7 Å². The molecule has 5 heteroatoms. The zero-order valence-electron chi connectivity index (χ0n) is 19.6. The van der Waals surface area contributed by atoms with E-state index >= 15 is 0 Å². The number of para-hydroxylation sites is 1. The first kappa shape index (κ1) is 20.7. The summed E-state index contributed by atoms with van der Waals surface area (Å²) >= 11 is 0. The first-order valence-electron chi connectivity index (χ1n) is 12.6. The summed E-state index contributed by atoms with van der Waals surface area (Å²) in [7, 11) is 0. The fourth-order valence-electron chi connectivity index (χ4n) is 6.06. The van der Waals surface area contributed by atoms with Gasteiger partial charge in [-0.3, -0.25) is 14.8 Å². The Morgan fingerprint density at radius 3 is 2.69 bits per heavy atom. The van der Waals surface area contributed by atoms with Crippen LogP contribution >= 0.6 is 0 Å². The number of carbonyl (C=O) groups is 1. The number of fused-ring (bicyclic) bond motifs is 3. The minimum absolute atomic E-state index is 0.128. The third kappa shape index (κ3) is 3.41. The number of anilines is 1. The van der Waals surface area contributed by atoms with Crippen molar-refractivity contribution < 1.29 is 4.79 Å². The van der Waals surface area contributed by atoms with Crippen LogP contribution in [0.2, 0.25) is 0 Å². The molecule has 2 N–H and O–H groups in total. The summed E-state index contributed by atoms with van der Waals surface area (Å²) in [6, 6.07) is 23.4. The van der Waals surface area contributed by atoms with Crippen molar-refractivity contribution in [1.29, 1.82) is 0 Å². The normalized spacial score (nSPS) is 23.4. The lowest BCUT2D eigenvalue weighted by Gasteiger charge is -2.14. The predicted octanol–water partition coefficient (Wildman–Crippen LogP) is 5.71. The molecule has 174 valence electrons. The number of nitrogens with one attached hydrogen (secondary N) is 2. The van der Waals surface area contributed by atoms with Gasteiger partial charge in [-0.25, -0.2) is 0 Å². The fourth-order valence-corrected chi connectivity index (χ4v) is 6.06. The van der Waals surface area contributed by atoms with Crippen LogP contribution in [0.4, 0.5) is 5.69 Å². The molecule has 2 aliphatic heterocycles. The Balaban J connectivity index is 1.09. The van der Waals surface area contributed by atoms with Crippen molar-refractivity contribution in [3.63, 3.8) is 0 Å². The number of aromatic nitrogens is 2. The number of nitrogens with zero attached hydrogens (tertiary/aromatic N) is 2. The maximum Gasteiger partial charge on any atom is 0.235 e. The number of amides is 1. The topological polar surface area (TPSA) is 61.0 Å². The highest BCUT2D eigenvalue weighted by atomic mass is 16.2. The third-order valence-electron chi connectivity index (χ3n) is 8.06. The molecule has 1 saturated carbocycles. The molecule has 7 rings (SSSR count). The van der Waals surface area contributed by atoms with Gasteiger partial charge in [0.05, 0.1) is 16.6 Å².